The first kappa shape index (κ1) is 9.19. The molecule has 1 rings (SSSR count). The lowest BCUT2D eigenvalue weighted by Crippen LogP contribution is -2.36. The predicted octanol–water partition coefficient (Wildman–Crippen LogP) is 0.00600. The molecule has 1 aromatic rings. The Bertz CT molecular complexity index is 225. The summed E-state index contributed by atoms with van der Waals surface area (Å²) in [5, 5.41) is 8.76. The standard InChI is InChI=1S/C9H14N2O/c10-8(6-12)9(11)7-4-2-1-3-5-7/h1-5,8-9,12H,6,10-11H2/t8-,9?/m1/s1. The van der Waals surface area contributed by atoms with E-state index in [1.54, 1.807) is 0 Å². The zero-order valence-electron chi connectivity index (χ0n) is 6.85. The van der Waals surface area contributed by atoms with Gasteiger partial charge in [0.15, 0.2) is 0 Å². The molecular weight excluding hydrogens is 152 g/mol. The summed E-state index contributed by atoms with van der Waals surface area (Å²) in [6.07, 6.45) is 0. The first-order valence-electron chi connectivity index (χ1n) is 3.92. The first-order valence-corrected chi connectivity index (χ1v) is 3.92. The minimum atomic E-state index is -0.382. The van der Waals surface area contributed by atoms with Crippen LogP contribution in [0, 0.1) is 0 Å². The summed E-state index contributed by atoms with van der Waals surface area (Å²) >= 11 is 0. The molecule has 1 unspecified atom stereocenters. The maximum absolute atomic E-state index is 8.76. The van der Waals surface area contributed by atoms with Gasteiger partial charge in [0.2, 0.25) is 0 Å². The van der Waals surface area contributed by atoms with Gasteiger partial charge in [0, 0.05) is 12.1 Å². The minimum absolute atomic E-state index is 0.0872. The SMILES string of the molecule is NC(c1ccccc1)[C@H](N)CO. The van der Waals surface area contributed by atoms with E-state index in [2.05, 4.69) is 0 Å². The van der Waals surface area contributed by atoms with E-state index in [9.17, 15) is 0 Å². The normalized spacial score (nSPS) is 15.6. The number of aliphatic hydroxyl groups excluding tert-OH is 1. The molecule has 0 aliphatic carbocycles. The molecular formula is C9H14N2O. The fourth-order valence-corrected chi connectivity index (χ4v) is 1.04. The van der Waals surface area contributed by atoms with Gasteiger partial charge in [0.05, 0.1) is 6.61 Å². The molecule has 5 N–H and O–H groups in total. The van der Waals surface area contributed by atoms with Crippen molar-refractivity contribution in [3.63, 3.8) is 0 Å². The van der Waals surface area contributed by atoms with Crippen LogP contribution in [0.4, 0.5) is 0 Å². The number of aliphatic hydroxyl groups is 1. The third-order valence-corrected chi connectivity index (χ3v) is 1.86. The molecule has 0 spiro atoms. The van der Waals surface area contributed by atoms with E-state index in [-0.39, 0.29) is 18.7 Å². The molecule has 0 saturated carbocycles. The summed E-state index contributed by atoms with van der Waals surface area (Å²) in [6.45, 7) is -0.0872. The fourth-order valence-electron chi connectivity index (χ4n) is 1.04. The van der Waals surface area contributed by atoms with E-state index >= 15 is 0 Å². The Morgan fingerprint density at radius 2 is 1.75 bits per heavy atom. The van der Waals surface area contributed by atoms with Crippen LogP contribution in [0.3, 0.4) is 0 Å². The van der Waals surface area contributed by atoms with Crippen LogP contribution in [0.5, 0.6) is 0 Å². The second-order valence-electron chi connectivity index (χ2n) is 2.78. The maximum atomic E-state index is 8.76. The van der Waals surface area contributed by atoms with Gasteiger partial charge in [-0.15, -0.1) is 0 Å². The van der Waals surface area contributed by atoms with Gasteiger partial charge in [-0.2, -0.15) is 0 Å². The molecule has 0 aromatic heterocycles. The summed E-state index contributed by atoms with van der Waals surface area (Å²) < 4.78 is 0. The minimum Gasteiger partial charge on any atom is -0.395 e. The van der Waals surface area contributed by atoms with Crippen LogP contribution in [0.2, 0.25) is 0 Å². The summed E-state index contributed by atoms with van der Waals surface area (Å²) in [4.78, 5) is 0. The van der Waals surface area contributed by atoms with Crippen LogP contribution in [0.25, 0.3) is 0 Å². The van der Waals surface area contributed by atoms with E-state index in [0.29, 0.717) is 0 Å². The lowest BCUT2D eigenvalue weighted by molar-refractivity contribution is 0.250. The van der Waals surface area contributed by atoms with Crippen molar-refractivity contribution in [3.8, 4) is 0 Å². The number of benzene rings is 1. The average molecular weight is 166 g/mol. The third kappa shape index (κ3) is 2.04. The van der Waals surface area contributed by atoms with Crippen molar-refractivity contribution in [2.45, 2.75) is 12.1 Å². The number of nitrogens with two attached hydrogens (primary N) is 2. The Kier molecular flexibility index (Phi) is 3.22. The molecule has 2 atom stereocenters. The van der Waals surface area contributed by atoms with Gasteiger partial charge in [-0.1, -0.05) is 30.3 Å². The summed E-state index contributed by atoms with van der Waals surface area (Å²) in [5.41, 5.74) is 12.3. The van der Waals surface area contributed by atoms with Gasteiger partial charge in [-0.3, -0.25) is 0 Å². The van der Waals surface area contributed by atoms with E-state index in [1.165, 1.54) is 0 Å². The van der Waals surface area contributed by atoms with Gasteiger partial charge in [-0.05, 0) is 5.56 Å². The van der Waals surface area contributed by atoms with Crippen molar-refractivity contribution in [1.82, 2.24) is 0 Å². The Hall–Kier alpha value is -0.900. The Morgan fingerprint density at radius 1 is 1.17 bits per heavy atom. The molecule has 12 heavy (non-hydrogen) atoms. The average Bonchev–Trinajstić information content (AvgIpc) is 2.17. The van der Waals surface area contributed by atoms with Gasteiger partial charge in [0.1, 0.15) is 0 Å². The van der Waals surface area contributed by atoms with Crippen LogP contribution < -0.4 is 11.5 Å². The van der Waals surface area contributed by atoms with Crippen LogP contribution in [0.1, 0.15) is 11.6 Å². The molecule has 66 valence electrons. The monoisotopic (exact) mass is 166 g/mol. The molecule has 0 fully saturated rings. The van der Waals surface area contributed by atoms with Gasteiger partial charge < -0.3 is 16.6 Å². The van der Waals surface area contributed by atoms with Crippen LogP contribution >= 0.6 is 0 Å². The van der Waals surface area contributed by atoms with Gasteiger partial charge >= 0.3 is 0 Å². The quantitative estimate of drug-likeness (QED) is 0.592. The van der Waals surface area contributed by atoms with Crippen molar-refractivity contribution in [1.29, 1.82) is 0 Å². The molecule has 0 bridgehead atoms. The molecule has 0 aliphatic heterocycles. The highest BCUT2D eigenvalue weighted by Crippen LogP contribution is 2.11. The largest absolute Gasteiger partial charge is 0.395 e. The fraction of sp³-hybridized carbons (Fsp3) is 0.333. The van der Waals surface area contributed by atoms with Gasteiger partial charge in [-0.25, -0.2) is 0 Å². The predicted molar refractivity (Wildman–Crippen MR) is 48.4 cm³/mol. The van der Waals surface area contributed by atoms with Crippen molar-refractivity contribution >= 4 is 0 Å². The zero-order valence-corrected chi connectivity index (χ0v) is 6.85. The number of hydrogen-bond donors (Lipinski definition) is 3. The smallest absolute Gasteiger partial charge is 0.0601 e. The van der Waals surface area contributed by atoms with E-state index in [4.69, 9.17) is 16.6 Å². The molecule has 0 saturated heterocycles. The van der Waals surface area contributed by atoms with Crippen LogP contribution in [0.15, 0.2) is 30.3 Å². The Labute approximate surface area is 72.0 Å². The lowest BCUT2D eigenvalue weighted by atomic mass is 10.0. The van der Waals surface area contributed by atoms with Crippen molar-refractivity contribution < 1.29 is 5.11 Å². The molecule has 0 amide bonds. The zero-order chi connectivity index (χ0) is 8.97. The van der Waals surface area contributed by atoms with E-state index in [1.807, 2.05) is 30.3 Å². The molecule has 3 nitrogen and oxygen atoms in total. The van der Waals surface area contributed by atoms with Crippen molar-refractivity contribution in [2.75, 3.05) is 6.61 Å². The Balaban J connectivity index is 2.71. The topological polar surface area (TPSA) is 72.3 Å². The van der Waals surface area contributed by atoms with Crippen molar-refractivity contribution in [2.24, 2.45) is 11.5 Å². The van der Waals surface area contributed by atoms with Crippen molar-refractivity contribution in [3.05, 3.63) is 35.9 Å². The van der Waals surface area contributed by atoms with E-state index < -0.39 is 0 Å². The van der Waals surface area contributed by atoms with Crippen LogP contribution in [-0.2, 0) is 0 Å². The highest BCUT2D eigenvalue weighted by Gasteiger charge is 2.12. The lowest BCUT2D eigenvalue weighted by Gasteiger charge is -2.17. The number of rotatable bonds is 3. The third-order valence-electron chi connectivity index (χ3n) is 1.86. The molecule has 3 heteroatoms. The second-order valence-corrected chi connectivity index (χ2v) is 2.78. The highest BCUT2D eigenvalue weighted by atomic mass is 16.3. The summed E-state index contributed by atoms with van der Waals surface area (Å²) in [5.74, 6) is 0. The molecule has 0 radical (unpaired) electrons. The molecule has 1 aromatic carbocycles. The summed E-state index contributed by atoms with van der Waals surface area (Å²) in [6, 6.07) is 8.86. The van der Waals surface area contributed by atoms with Gasteiger partial charge in [0.25, 0.3) is 0 Å². The molecule has 0 heterocycles. The summed E-state index contributed by atoms with van der Waals surface area (Å²) in [7, 11) is 0. The van der Waals surface area contributed by atoms with Crippen LogP contribution in [-0.4, -0.2) is 17.8 Å². The number of hydrogen-bond acceptors (Lipinski definition) is 3. The van der Waals surface area contributed by atoms with E-state index in [0.717, 1.165) is 5.56 Å². The molecule has 0 aliphatic rings. The maximum Gasteiger partial charge on any atom is 0.0601 e. The second kappa shape index (κ2) is 4.21. The first-order chi connectivity index (χ1) is 5.75. The highest BCUT2D eigenvalue weighted by molar-refractivity contribution is 5.19. The Morgan fingerprint density at radius 3 is 2.25 bits per heavy atom.